The van der Waals surface area contributed by atoms with E-state index in [2.05, 4.69) is 17.2 Å². The van der Waals surface area contributed by atoms with Gasteiger partial charge in [0.1, 0.15) is 17.5 Å². The van der Waals surface area contributed by atoms with Crippen LogP contribution < -0.4 is 16.6 Å². The van der Waals surface area contributed by atoms with E-state index in [0.29, 0.717) is 11.9 Å². The van der Waals surface area contributed by atoms with Crippen molar-refractivity contribution in [3.8, 4) is 0 Å². The van der Waals surface area contributed by atoms with Gasteiger partial charge in [-0.2, -0.15) is 0 Å². The van der Waals surface area contributed by atoms with Crippen LogP contribution in [0.1, 0.15) is 38.2 Å². The van der Waals surface area contributed by atoms with E-state index in [-0.39, 0.29) is 17.5 Å². The molecule has 3 aromatic rings. The molecule has 0 atom stereocenters. The largest absolute Gasteiger partial charge is 0.354 e. The Morgan fingerprint density at radius 1 is 1.03 bits per heavy atom. The summed E-state index contributed by atoms with van der Waals surface area (Å²) in [7, 11) is 0. The Hall–Kier alpha value is -3.36. The second kappa shape index (κ2) is 11.7. The van der Waals surface area contributed by atoms with Crippen molar-refractivity contribution in [3.05, 3.63) is 80.3 Å². The number of carbonyl (C=O) groups excluding carboxylic acids is 1. The Morgan fingerprint density at radius 2 is 1.71 bits per heavy atom. The van der Waals surface area contributed by atoms with Gasteiger partial charge in [-0.05, 0) is 30.2 Å². The maximum Gasteiger partial charge on any atom is 0.326 e. The molecule has 1 aromatic heterocycles. The third-order valence-electron chi connectivity index (χ3n) is 4.49. The lowest BCUT2D eigenvalue weighted by molar-refractivity contribution is -0.109. The third-order valence-corrected chi connectivity index (χ3v) is 4.49. The minimum absolute atomic E-state index is 0.0790. The number of fused-ring (bicyclic) bond motifs is 1. The molecule has 0 unspecified atom stereocenters. The molecule has 1 aliphatic rings. The van der Waals surface area contributed by atoms with Gasteiger partial charge in [-0.3, -0.25) is 14.6 Å². The van der Waals surface area contributed by atoms with Crippen molar-refractivity contribution in [3.63, 3.8) is 0 Å². The minimum atomic E-state index is -0.649. The standard InChI is InChI=1S/C8H7F2NO.C8H5FN2O2.C6H12/c9-7-2-1-6(4-11-5-12)8(10)3-7;9-4-1-2-6-5(3-4)7(12)11-8(13)10-6;1-2-3-6-4-5-6/h1-3,5H,4H2,(H,11,12);1-3H,(H2,10,11,12,13);6H,2-5H2,1H3. The van der Waals surface area contributed by atoms with Crippen LogP contribution in [0.5, 0.6) is 0 Å². The van der Waals surface area contributed by atoms with Gasteiger partial charge in [-0.15, -0.1) is 0 Å². The van der Waals surface area contributed by atoms with Crippen LogP contribution in [0.4, 0.5) is 13.2 Å². The van der Waals surface area contributed by atoms with Crippen LogP contribution in [0.25, 0.3) is 10.9 Å². The summed E-state index contributed by atoms with van der Waals surface area (Å²) in [5.41, 5.74) is -0.582. The lowest BCUT2D eigenvalue weighted by Gasteiger charge is -2.00. The van der Waals surface area contributed by atoms with Crippen molar-refractivity contribution in [2.45, 2.75) is 39.2 Å². The van der Waals surface area contributed by atoms with Gasteiger partial charge in [-0.1, -0.05) is 38.7 Å². The lowest BCUT2D eigenvalue weighted by Crippen LogP contribution is -2.21. The molecule has 6 nitrogen and oxygen atoms in total. The van der Waals surface area contributed by atoms with Crippen molar-refractivity contribution in [1.82, 2.24) is 15.3 Å². The summed E-state index contributed by atoms with van der Waals surface area (Å²) in [6, 6.07) is 6.82. The van der Waals surface area contributed by atoms with E-state index in [1.54, 1.807) is 0 Å². The predicted octanol–water partition coefficient (Wildman–Crippen LogP) is 3.76. The van der Waals surface area contributed by atoms with E-state index in [1.165, 1.54) is 43.9 Å². The zero-order valence-corrected chi connectivity index (χ0v) is 17.0. The van der Waals surface area contributed by atoms with Gasteiger partial charge in [0.2, 0.25) is 6.41 Å². The fraction of sp³-hybridized carbons (Fsp3) is 0.318. The topological polar surface area (TPSA) is 94.8 Å². The average Bonchev–Trinajstić information content (AvgIpc) is 3.54. The van der Waals surface area contributed by atoms with Gasteiger partial charge in [0.05, 0.1) is 10.9 Å². The molecule has 1 amide bonds. The van der Waals surface area contributed by atoms with E-state index in [9.17, 15) is 27.6 Å². The fourth-order valence-electron chi connectivity index (χ4n) is 2.77. The summed E-state index contributed by atoms with van der Waals surface area (Å²) < 4.78 is 37.8. The van der Waals surface area contributed by atoms with Gasteiger partial charge in [0.25, 0.3) is 5.56 Å². The Kier molecular flexibility index (Phi) is 9.05. The molecule has 1 aliphatic carbocycles. The molecule has 1 fully saturated rings. The summed E-state index contributed by atoms with van der Waals surface area (Å²) in [5, 5.41) is 2.42. The molecule has 0 radical (unpaired) electrons. The number of halogens is 3. The van der Waals surface area contributed by atoms with E-state index < -0.39 is 28.7 Å². The molecule has 0 bridgehead atoms. The summed E-state index contributed by atoms with van der Waals surface area (Å²) in [6.45, 7) is 2.34. The molecule has 2 aromatic carbocycles. The Bertz CT molecular complexity index is 1120. The maximum atomic E-state index is 12.8. The molecule has 3 N–H and O–H groups in total. The lowest BCUT2D eigenvalue weighted by atomic mass is 10.2. The van der Waals surface area contributed by atoms with E-state index in [1.807, 2.05) is 4.98 Å². The van der Waals surface area contributed by atoms with Crippen LogP contribution >= 0.6 is 0 Å². The number of aromatic nitrogens is 2. The first-order chi connectivity index (χ1) is 14.8. The van der Waals surface area contributed by atoms with Gasteiger partial charge in [0, 0.05) is 18.2 Å². The molecule has 4 rings (SSSR count). The average molecular weight is 435 g/mol. The highest BCUT2D eigenvalue weighted by Crippen LogP contribution is 2.32. The molecular weight excluding hydrogens is 411 g/mol. The van der Waals surface area contributed by atoms with Crippen LogP contribution in [0, 0.1) is 23.4 Å². The highest BCUT2D eigenvalue weighted by molar-refractivity contribution is 5.76. The maximum absolute atomic E-state index is 12.8. The number of amides is 1. The van der Waals surface area contributed by atoms with E-state index in [0.717, 1.165) is 24.1 Å². The zero-order valence-electron chi connectivity index (χ0n) is 17.0. The molecule has 0 saturated heterocycles. The first-order valence-electron chi connectivity index (χ1n) is 9.86. The highest BCUT2D eigenvalue weighted by atomic mass is 19.1. The van der Waals surface area contributed by atoms with Crippen molar-refractivity contribution in [1.29, 1.82) is 0 Å². The van der Waals surface area contributed by atoms with Crippen LogP contribution in [0.15, 0.2) is 46.0 Å². The van der Waals surface area contributed by atoms with E-state index in [4.69, 9.17) is 0 Å². The van der Waals surface area contributed by atoms with Gasteiger partial charge in [0.15, 0.2) is 0 Å². The highest BCUT2D eigenvalue weighted by Gasteiger charge is 2.18. The first kappa shape index (κ1) is 23.9. The molecule has 9 heteroatoms. The van der Waals surface area contributed by atoms with Crippen molar-refractivity contribution in [2.24, 2.45) is 5.92 Å². The SMILES string of the molecule is CCCC1CC1.O=CNCc1ccc(F)cc1F.O=c1[nH]c(=O)c2cc(F)ccc2[nH]1. The number of hydrogen-bond donors (Lipinski definition) is 3. The van der Waals surface area contributed by atoms with Gasteiger partial charge < -0.3 is 10.3 Å². The number of carbonyl (C=O) groups is 1. The summed E-state index contributed by atoms with van der Waals surface area (Å²) in [6.07, 6.45) is 6.38. The monoisotopic (exact) mass is 435 g/mol. The number of H-pyrrole nitrogens is 2. The van der Waals surface area contributed by atoms with Crippen LogP contribution in [-0.4, -0.2) is 16.4 Å². The number of aromatic amines is 2. The van der Waals surface area contributed by atoms with Gasteiger partial charge in [-0.25, -0.2) is 18.0 Å². The second-order valence-electron chi connectivity index (χ2n) is 7.06. The molecule has 0 aliphatic heterocycles. The fourth-order valence-corrected chi connectivity index (χ4v) is 2.77. The van der Waals surface area contributed by atoms with Crippen LogP contribution in [0.3, 0.4) is 0 Å². The Balaban J connectivity index is 0.000000176. The number of hydrogen-bond acceptors (Lipinski definition) is 3. The first-order valence-corrected chi connectivity index (χ1v) is 9.86. The number of nitrogens with one attached hydrogen (secondary N) is 3. The van der Waals surface area contributed by atoms with E-state index >= 15 is 0 Å². The minimum Gasteiger partial charge on any atom is -0.354 e. The molecule has 1 saturated carbocycles. The summed E-state index contributed by atoms with van der Waals surface area (Å²) in [4.78, 5) is 36.1. The second-order valence-corrected chi connectivity index (χ2v) is 7.06. The molecule has 1 heterocycles. The predicted molar refractivity (Wildman–Crippen MR) is 112 cm³/mol. The van der Waals surface area contributed by atoms with Crippen LogP contribution in [-0.2, 0) is 11.3 Å². The van der Waals surface area contributed by atoms with Crippen molar-refractivity contribution >= 4 is 17.3 Å². The summed E-state index contributed by atoms with van der Waals surface area (Å²) in [5.74, 6) is -0.633. The number of rotatable bonds is 5. The molecule has 166 valence electrons. The molecular formula is C22H24F3N3O3. The van der Waals surface area contributed by atoms with Crippen molar-refractivity contribution in [2.75, 3.05) is 0 Å². The molecule has 0 spiro atoms. The smallest absolute Gasteiger partial charge is 0.326 e. The molecule has 31 heavy (non-hydrogen) atoms. The third kappa shape index (κ3) is 8.12. The van der Waals surface area contributed by atoms with Crippen LogP contribution in [0.2, 0.25) is 0 Å². The number of benzene rings is 2. The van der Waals surface area contributed by atoms with Gasteiger partial charge >= 0.3 is 5.69 Å². The zero-order chi connectivity index (χ0) is 22.8. The summed E-state index contributed by atoms with van der Waals surface area (Å²) >= 11 is 0. The Morgan fingerprint density at radius 3 is 2.29 bits per heavy atom. The van der Waals surface area contributed by atoms with Crippen molar-refractivity contribution < 1.29 is 18.0 Å². The normalized spacial score (nSPS) is 12.3. The quantitative estimate of drug-likeness (QED) is 0.533. The Labute approximate surface area is 176 Å².